The second-order valence-corrected chi connectivity index (χ2v) is 5.69. The molecule has 3 nitrogen and oxygen atoms in total. The van der Waals surface area contributed by atoms with E-state index >= 15 is 0 Å². The van der Waals surface area contributed by atoms with E-state index < -0.39 is 0 Å². The Bertz CT molecular complexity index is 623. The number of thioether (sulfide) groups is 1. The number of hydrogen-bond acceptors (Lipinski definition) is 3. The molecule has 0 bridgehead atoms. The fourth-order valence-electron chi connectivity index (χ4n) is 2.05. The van der Waals surface area contributed by atoms with Crippen LogP contribution in [0.4, 0.5) is 5.69 Å². The first-order chi connectivity index (χ1) is 10.1. The molecule has 0 spiro atoms. The number of anilines is 1. The molecule has 0 heterocycles. The number of aliphatic hydroxyl groups excluding tert-OH is 1. The predicted octanol–water partition coefficient (Wildman–Crippen LogP) is 3.50. The van der Waals surface area contributed by atoms with Crippen LogP contribution < -0.4 is 5.32 Å². The molecular formula is C17H19NO2S. The standard InChI is InChI=1S/C17H19NO2S/c1-12-3-8-15(21-2)11-16(12)17(20)18-14-6-4-13(5-7-14)9-10-19/h3-8,11,19H,9-10H2,1-2H3,(H,18,20). The van der Waals surface area contributed by atoms with Gasteiger partial charge < -0.3 is 10.4 Å². The normalized spacial score (nSPS) is 10.4. The maximum absolute atomic E-state index is 12.4. The highest BCUT2D eigenvalue weighted by molar-refractivity contribution is 7.98. The topological polar surface area (TPSA) is 49.3 Å². The van der Waals surface area contributed by atoms with Crippen LogP contribution in [0, 0.1) is 6.92 Å². The molecule has 0 saturated carbocycles. The minimum absolute atomic E-state index is 0.0988. The summed E-state index contributed by atoms with van der Waals surface area (Å²) < 4.78 is 0. The highest BCUT2D eigenvalue weighted by Crippen LogP contribution is 2.20. The number of nitrogens with one attached hydrogen (secondary N) is 1. The third-order valence-electron chi connectivity index (χ3n) is 3.30. The monoisotopic (exact) mass is 301 g/mol. The molecule has 0 aliphatic heterocycles. The lowest BCUT2D eigenvalue weighted by atomic mass is 10.1. The van der Waals surface area contributed by atoms with Crippen molar-refractivity contribution < 1.29 is 9.90 Å². The van der Waals surface area contributed by atoms with E-state index in [0.29, 0.717) is 12.0 Å². The molecule has 110 valence electrons. The van der Waals surface area contributed by atoms with Gasteiger partial charge in [0.15, 0.2) is 0 Å². The van der Waals surface area contributed by atoms with Crippen LogP contribution in [0.5, 0.6) is 0 Å². The van der Waals surface area contributed by atoms with Gasteiger partial charge in [0.1, 0.15) is 0 Å². The van der Waals surface area contributed by atoms with E-state index in [2.05, 4.69) is 5.32 Å². The van der Waals surface area contributed by atoms with Gasteiger partial charge in [-0.15, -0.1) is 11.8 Å². The maximum atomic E-state index is 12.4. The van der Waals surface area contributed by atoms with E-state index in [0.717, 1.165) is 21.7 Å². The second kappa shape index (κ2) is 7.29. The van der Waals surface area contributed by atoms with Crippen molar-refractivity contribution in [2.24, 2.45) is 0 Å². The van der Waals surface area contributed by atoms with E-state index in [4.69, 9.17) is 5.11 Å². The van der Waals surface area contributed by atoms with Crippen molar-refractivity contribution in [1.82, 2.24) is 0 Å². The Labute approximate surface area is 129 Å². The average Bonchev–Trinajstić information content (AvgIpc) is 2.50. The van der Waals surface area contributed by atoms with Gasteiger partial charge in [-0.05, 0) is 55.0 Å². The Morgan fingerprint density at radius 2 is 1.90 bits per heavy atom. The Kier molecular flexibility index (Phi) is 5.42. The summed E-state index contributed by atoms with van der Waals surface area (Å²) in [6, 6.07) is 13.4. The first kappa shape index (κ1) is 15.6. The molecule has 0 fully saturated rings. The zero-order valence-electron chi connectivity index (χ0n) is 12.2. The molecule has 0 aliphatic rings. The third-order valence-corrected chi connectivity index (χ3v) is 4.03. The molecule has 1 amide bonds. The molecule has 2 aromatic rings. The van der Waals surface area contributed by atoms with Crippen molar-refractivity contribution >= 4 is 23.4 Å². The summed E-state index contributed by atoms with van der Waals surface area (Å²) in [7, 11) is 0. The van der Waals surface area contributed by atoms with Crippen molar-refractivity contribution in [2.45, 2.75) is 18.2 Å². The molecule has 0 aliphatic carbocycles. The van der Waals surface area contributed by atoms with E-state index in [1.165, 1.54) is 0 Å². The molecule has 0 aromatic heterocycles. The maximum Gasteiger partial charge on any atom is 0.255 e. The zero-order chi connectivity index (χ0) is 15.2. The molecule has 2 N–H and O–H groups in total. The van der Waals surface area contributed by atoms with Gasteiger partial charge in [-0.25, -0.2) is 0 Å². The SMILES string of the molecule is CSc1ccc(C)c(C(=O)Nc2ccc(CCO)cc2)c1. The highest BCUT2D eigenvalue weighted by Gasteiger charge is 2.10. The van der Waals surface area contributed by atoms with Crippen LogP contribution in [0.15, 0.2) is 47.4 Å². The van der Waals surface area contributed by atoms with E-state index in [-0.39, 0.29) is 12.5 Å². The lowest BCUT2D eigenvalue weighted by molar-refractivity contribution is 0.102. The van der Waals surface area contributed by atoms with Gasteiger partial charge in [0.25, 0.3) is 5.91 Å². The summed E-state index contributed by atoms with van der Waals surface area (Å²) in [5.41, 5.74) is 3.47. The first-order valence-electron chi connectivity index (χ1n) is 6.80. The number of amides is 1. The van der Waals surface area contributed by atoms with Gasteiger partial charge >= 0.3 is 0 Å². The molecule has 21 heavy (non-hydrogen) atoms. The zero-order valence-corrected chi connectivity index (χ0v) is 13.0. The van der Waals surface area contributed by atoms with Crippen LogP contribution >= 0.6 is 11.8 Å². The summed E-state index contributed by atoms with van der Waals surface area (Å²) >= 11 is 1.62. The number of carbonyl (C=O) groups excluding carboxylic acids is 1. The Balaban J connectivity index is 2.14. The first-order valence-corrected chi connectivity index (χ1v) is 8.02. The van der Waals surface area contributed by atoms with Crippen LogP contribution in [-0.2, 0) is 6.42 Å². The number of carbonyl (C=O) groups is 1. The number of aliphatic hydroxyl groups is 1. The van der Waals surface area contributed by atoms with Crippen LogP contribution in [0.2, 0.25) is 0 Å². The number of rotatable bonds is 5. The molecule has 0 radical (unpaired) electrons. The van der Waals surface area contributed by atoms with Crippen LogP contribution in [-0.4, -0.2) is 23.9 Å². The third kappa shape index (κ3) is 4.09. The summed E-state index contributed by atoms with van der Waals surface area (Å²) in [6.45, 7) is 2.07. The quantitative estimate of drug-likeness (QED) is 0.831. The summed E-state index contributed by atoms with van der Waals surface area (Å²) in [5.74, 6) is -0.0988. The van der Waals surface area contributed by atoms with Crippen LogP contribution in [0.25, 0.3) is 0 Å². The van der Waals surface area contributed by atoms with Crippen molar-refractivity contribution in [1.29, 1.82) is 0 Å². The van der Waals surface area contributed by atoms with Gasteiger partial charge in [-0.3, -0.25) is 4.79 Å². The molecule has 2 rings (SSSR count). The number of hydrogen-bond donors (Lipinski definition) is 2. The Morgan fingerprint density at radius 3 is 2.52 bits per heavy atom. The summed E-state index contributed by atoms with van der Waals surface area (Å²) in [6.07, 6.45) is 2.62. The summed E-state index contributed by atoms with van der Waals surface area (Å²) in [5, 5.41) is 11.8. The van der Waals surface area contributed by atoms with Crippen molar-refractivity contribution in [2.75, 3.05) is 18.2 Å². The second-order valence-electron chi connectivity index (χ2n) is 4.81. The molecule has 4 heteroatoms. The Morgan fingerprint density at radius 1 is 1.19 bits per heavy atom. The lowest BCUT2D eigenvalue weighted by Gasteiger charge is -2.09. The molecule has 0 saturated heterocycles. The van der Waals surface area contributed by atoms with Gasteiger partial charge in [-0.1, -0.05) is 18.2 Å². The fraction of sp³-hybridized carbons (Fsp3) is 0.235. The van der Waals surface area contributed by atoms with Gasteiger partial charge in [0.2, 0.25) is 0 Å². The van der Waals surface area contributed by atoms with Gasteiger partial charge in [0.05, 0.1) is 0 Å². The lowest BCUT2D eigenvalue weighted by Crippen LogP contribution is -2.13. The number of benzene rings is 2. The van der Waals surface area contributed by atoms with Crippen molar-refractivity contribution in [3.63, 3.8) is 0 Å². The predicted molar refractivity (Wildman–Crippen MR) is 88.1 cm³/mol. The van der Waals surface area contributed by atoms with E-state index in [1.54, 1.807) is 11.8 Å². The largest absolute Gasteiger partial charge is 0.396 e. The van der Waals surface area contributed by atoms with Crippen LogP contribution in [0.1, 0.15) is 21.5 Å². The smallest absolute Gasteiger partial charge is 0.255 e. The van der Waals surface area contributed by atoms with Gasteiger partial charge in [0, 0.05) is 22.8 Å². The fourth-order valence-corrected chi connectivity index (χ4v) is 2.49. The Hall–Kier alpha value is -1.78. The van der Waals surface area contributed by atoms with E-state index in [1.807, 2.05) is 55.6 Å². The number of aryl methyl sites for hydroxylation is 1. The van der Waals surface area contributed by atoms with Crippen LogP contribution in [0.3, 0.4) is 0 Å². The minimum atomic E-state index is -0.0988. The minimum Gasteiger partial charge on any atom is -0.396 e. The average molecular weight is 301 g/mol. The van der Waals surface area contributed by atoms with Crippen molar-refractivity contribution in [3.8, 4) is 0 Å². The highest BCUT2D eigenvalue weighted by atomic mass is 32.2. The molecular weight excluding hydrogens is 282 g/mol. The molecule has 2 aromatic carbocycles. The van der Waals surface area contributed by atoms with Crippen molar-refractivity contribution in [3.05, 3.63) is 59.2 Å². The molecule has 0 unspecified atom stereocenters. The molecule has 0 atom stereocenters. The van der Waals surface area contributed by atoms with E-state index in [9.17, 15) is 4.79 Å². The van der Waals surface area contributed by atoms with Gasteiger partial charge in [-0.2, -0.15) is 0 Å². The summed E-state index contributed by atoms with van der Waals surface area (Å²) in [4.78, 5) is 13.4.